The van der Waals surface area contributed by atoms with E-state index in [9.17, 15) is 0 Å². The smallest absolute Gasteiger partial charge is 0.0640 e. The summed E-state index contributed by atoms with van der Waals surface area (Å²) in [6.45, 7) is 2.09. The molecule has 1 atom stereocenters. The quantitative estimate of drug-likeness (QED) is 0.671. The molecular formula is C15H14Cl2. The highest BCUT2D eigenvalue weighted by Gasteiger charge is 2.11. The van der Waals surface area contributed by atoms with E-state index in [-0.39, 0.29) is 5.38 Å². The van der Waals surface area contributed by atoms with Crippen LogP contribution in [-0.4, -0.2) is 0 Å². The zero-order valence-electron chi connectivity index (χ0n) is 9.66. The Morgan fingerprint density at radius 2 is 1.82 bits per heavy atom. The van der Waals surface area contributed by atoms with Gasteiger partial charge in [0.05, 0.1) is 5.38 Å². The highest BCUT2D eigenvalue weighted by atomic mass is 35.5. The molecule has 0 nitrogen and oxygen atoms in total. The predicted octanol–water partition coefficient (Wildman–Crippen LogP) is 5.17. The Labute approximate surface area is 112 Å². The third kappa shape index (κ3) is 3.24. The largest absolute Gasteiger partial charge is 0.117 e. The summed E-state index contributed by atoms with van der Waals surface area (Å²) in [7, 11) is 0. The van der Waals surface area contributed by atoms with Gasteiger partial charge >= 0.3 is 0 Å². The molecule has 1 unspecified atom stereocenters. The average Bonchev–Trinajstić information content (AvgIpc) is 2.29. The molecule has 0 heterocycles. The zero-order chi connectivity index (χ0) is 12.3. The Morgan fingerprint density at radius 3 is 2.53 bits per heavy atom. The SMILES string of the molecule is Cc1cccc(CC(Cl)c2ccccc2Cl)c1. The van der Waals surface area contributed by atoms with Crippen LogP contribution in [0.2, 0.25) is 5.02 Å². The van der Waals surface area contributed by atoms with E-state index in [0.717, 1.165) is 17.0 Å². The Balaban J connectivity index is 2.17. The minimum atomic E-state index is -0.0782. The maximum absolute atomic E-state index is 6.41. The molecule has 0 N–H and O–H groups in total. The van der Waals surface area contributed by atoms with Gasteiger partial charge in [-0.15, -0.1) is 11.6 Å². The molecule has 2 aromatic carbocycles. The minimum absolute atomic E-state index is 0.0782. The van der Waals surface area contributed by atoms with Crippen molar-refractivity contribution in [2.24, 2.45) is 0 Å². The molecule has 0 saturated carbocycles. The molecular weight excluding hydrogens is 251 g/mol. The third-order valence-corrected chi connectivity index (χ3v) is 3.47. The van der Waals surface area contributed by atoms with E-state index in [1.807, 2.05) is 24.3 Å². The molecule has 0 aliphatic carbocycles. The lowest BCUT2D eigenvalue weighted by Crippen LogP contribution is -1.97. The van der Waals surface area contributed by atoms with E-state index in [1.165, 1.54) is 11.1 Å². The summed E-state index contributed by atoms with van der Waals surface area (Å²) in [4.78, 5) is 0. The van der Waals surface area contributed by atoms with Crippen LogP contribution in [-0.2, 0) is 6.42 Å². The van der Waals surface area contributed by atoms with E-state index in [4.69, 9.17) is 23.2 Å². The fourth-order valence-corrected chi connectivity index (χ4v) is 2.58. The highest BCUT2D eigenvalue weighted by Crippen LogP contribution is 2.30. The first kappa shape index (κ1) is 12.5. The summed E-state index contributed by atoms with van der Waals surface area (Å²) in [6.07, 6.45) is 0.799. The Morgan fingerprint density at radius 1 is 1.06 bits per heavy atom. The fraction of sp³-hybridized carbons (Fsp3) is 0.200. The Hall–Kier alpha value is -0.980. The Kier molecular flexibility index (Phi) is 4.09. The number of benzene rings is 2. The molecule has 0 radical (unpaired) electrons. The van der Waals surface area contributed by atoms with Crippen molar-refractivity contribution in [3.05, 3.63) is 70.2 Å². The van der Waals surface area contributed by atoms with Gasteiger partial charge in [0.1, 0.15) is 0 Å². The summed E-state index contributed by atoms with van der Waals surface area (Å²) in [5, 5.41) is 0.658. The maximum atomic E-state index is 6.41. The van der Waals surface area contributed by atoms with Crippen molar-refractivity contribution in [2.75, 3.05) is 0 Å². The van der Waals surface area contributed by atoms with Gasteiger partial charge in [-0.05, 0) is 30.5 Å². The number of halogens is 2. The van der Waals surface area contributed by atoms with Crippen molar-refractivity contribution < 1.29 is 0 Å². The van der Waals surface area contributed by atoms with Gasteiger partial charge in [-0.25, -0.2) is 0 Å². The molecule has 2 aromatic rings. The second-order valence-electron chi connectivity index (χ2n) is 4.18. The van der Waals surface area contributed by atoms with Crippen LogP contribution in [0.1, 0.15) is 22.1 Å². The van der Waals surface area contributed by atoms with Crippen molar-refractivity contribution in [3.8, 4) is 0 Å². The lowest BCUT2D eigenvalue weighted by atomic mass is 10.0. The monoisotopic (exact) mass is 264 g/mol. The lowest BCUT2D eigenvalue weighted by molar-refractivity contribution is 0.918. The molecule has 0 spiro atoms. The first-order valence-corrected chi connectivity index (χ1v) is 6.42. The highest BCUT2D eigenvalue weighted by molar-refractivity contribution is 6.32. The number of hydrogen-bond donors (Lipinski definition) is 0. The molecule has 0 aliphatic rings. The van der Waals surface area contributed by atoms with Crippen LogP contribution in [0.15, 0.2) is 48.5 Å². The van der Waals surface area contributed by atoms with Crippen LogP contribution in [0.4, 0.5) is 0 Å². The van der Waals surface area contributed by atoms with Gasteiger partial charge in [-0.1, -0.05) is 59.6 Å². The first-order valence-electron chi connectivity index (χ1n) is 5.61. The summed E-state index contributed by atoms with van der Waals surface area (Å²) in [5.41, 5.74) is 3.49. The molecule has 0 amide bonds. The topological polar surface area (TPSA) is 0 Å². The molecule has 0 aliphatic heterocycles. The summed E-state index contributed by atoms with van der Waals surface area (Å²) < 4.78 is 0. The van der Waals surface area contributed by atoms with Gasteiger partial charge in [0.25, 0.3) is 0 Å². The number of hydrogen-bond acceptors (Lipinski definition) is 0. The predicted molar refractivity (Wildman–Crippen MR) is 74.9 cm³/mol. The number of rotatable bonds is 3. The van der Waals surface area contributed by atoms with Crippen molar-refractivity contribution in [2.45, 2.75) is 18.7 Å². The Bertz CT molecular complexity index is 506. The maximum Gasteiger partial charge on any atom is 0.0640 e. The molecule has 0 aromatic heterocycles. The lowest BCUT2D eigenvalue weighted by Gasteiger charge is -2.12. The van der Waals surface area contributed by atoms with Gasteiger partial charge in [0.2, 0.25) is 0 Å². The van der Waals surface area contributed by atoms with Gasteiger partial charge in [0.15, 0.2) is 0 Å². The van der Waals surface area contributed by atoms with Gasteiger partial charge in [0, 0.05) is 5.02 Å². The molecule has 0 bridgehead atoms. The van der Waals surface area contributed by atoms with Gasteiger partial charge in [-0.2, -0.15) is 0 Å². The van der Waals surface area contributed by atoms with Crippen LogP contribution < -0.4 is 0 Å². The van der Waals surface area contributed by atoms with E-state index in [2.05, 4.69) is 31.2 Å². The minimum Gasteiger partial charge on any atom is -0.117 e. The van der Waals surface area contributed by atoms with Gasteiger partial charge in [-0.3, -0.25) is 0 Å². The van der Waals surface area contributed by atoms with Crippen LogP contribution in [0.3, 0.4) is 0 Å². The first-order chi connectivity index (χ1) is 8.16. The van der Waals surface area contributed by atoms with Crippen LogP contribution in [0.25, 0.3) is 0 Å². The molecule has 0 saturated heterocycles. The van der Waals surface area contributed by atoms with E-state index >= 15 is 0 Å². The number of aryl methyl sites for hydroxylation is 1. The number of alkyl halides is 1. The average molecular weight is 265 g/mol. The zero-order valence-corrected chi connectivity index (χ0v) is 11.2. The second kappa shape index (κ2) is 5.57. The van der Waals surface area contributed by atoms with E-state index in [1.54, 1.807) is 0 Å². The summed E-state index contributed by atoms with van der Waals surface area (Å²) in [5.74, 6) is 0. The fourth-order valence-electron chi connectivity index (χ4n) is 1.89. The molecule has 2 heteroatoms. The van der Waals surface area contributed by atoms with Crippen LogP contribution in [0, 0.1) is 6.92 Å². The van der Waals surface area contributed by atoms with Gasteiger partial charge < -0.3 is 0 Å². The van der Waals surface area contributed by atoms with E-state index in [0.29, 0.717) is 0 Å². The molecule has 17 heavy (non-hydrogen) atoms. The molecule has 0 fully saturated rings. The molecule has 2 rings (SSSR count). The third-order valence-electron chi connectivity index (χ3n) is 2.74. The van der Waals surface area contributed by atoms with Crippen molar-refractivity contribution >= 4 is 23.2 Å². The summed E-state index contributed by atoms with van der Waals surface area (Å²) >= 11 is 12.5. The summed E-state index contributed by atoms with van der Waals surface area (Å²) in [6, 6.07) is 16.1. The van der Waals surface area contributed by atoms with Crippen molar-refractivity contribution in [3.63, 3.8) is 0 Å². The van der Waals surface area contributed by atoms with Crippen molar-refractivity contribution in [1.82, 2.24) is 0 Å². The molecule has 88 valence electrons. The van der Waals surface area contributed by atoms with Crippen LogP contribution in [0.5, 0.6) is 0 Å². The normalized spacial score (nSPS) is 12.4. The van der Waals surface area contributed by atoms with Crippen LogP contribution >= 0.6 is 23.2 Å². The second-order valence-corrected chi connectivity index (χ2v) is 5.12. The standard InChI is InChI=1S/C15H14Cl2/c1-11-5-4-6-12(9-11)10-15(17)13-7-2-3-8-14(13)16/h2-9,15H,10H2,1H3. The van der Waals surface area contributed by atoms with Crippen molar-refractivity contribution in [1.29, 1.82) is 0 Å². The van der Waals surface area contributed by atoms with E-state index < -0.39 is 0 Å².